The minimum absolute atomic E-state index is 0.0310. The lowest BCUT2D eigenvalue weighted by molar-refractivity contribution is -0.234. The Morgan fingerprint density at radius 3 is 2.65 bits per heavy atom. The molecule has 7 heterocycles. The average Bonchev–Trinajstić information content (AvgIpc) is 3.87. The summed E-state index contributed by atoms with van der Waals surface area (Å²) in [5, 5.41) is 26.8. The summed E-state index contributed by atoms with van der Waals surface area (Å²) in [5.41, 5.74) is -0.352. The van der Waals surface area contributed by atoms with Crippen LogP contribution in [0.5, 0.6) is 11.8 Å². The van der Waals surface area contributed by atoms with E-state index in [-0.39, 0.29) is 75.9 Å². The number of carbonyl (C=O) groups is 1. The highest BCUT2D eigenvalue weighted by Crippen LogP contribution is 2.46. The molecule has 1 amide bonds. The summed E-state index contributed by atoms with van der Waals surface area (Å²) >= 11 is 0. The lowest BCUT2D eigenvalue weighted by atomic mass is 9.91. The van der Waals surface area contributed by atoms with E-state index in [1.165, 1.54) is 24.3 Å². The van der Waals surface area contributed by atoms with E-state index in [0.717, 1.165) is 32.2 Å². The molecule has 0 spiro atoms. The van der Waals surface area contributed by atoms with E-state index in [4.69, 9.17) is 25.9 Å². The number of nitrogens with zero attached hydrogens (tertiary/aromatic N) is 7. The van der Waals surface area contributed by atoms with Crippen molar-refractivity contribution in [2.24, 2.45) is 7.05 Å². The fraction of sp³-hybridized carbons (Fsp3) is 0.450. The van der Waals surface area contributed by atoms with Gasteiger partial charge in [-0.2, -0.15) is 15.1 Å². The van der Waals surface area contributed by atoms with Crippen molar-refractivity contribution in [2.45, 2.75) is 74.7 Å². The molecule has 2 bridgehead atoms. The number of rotatable bonds is 6. The summed E-state index contributed by atoms with van der Waals surface area (Å²) in [6, 6.07) is 5.02. The van der Waals surface area contributed by atoms with E-state index >= 15 is 8.78 Å². The van der Waals surface area contributed by atoms with Crippen LogP contribution in [0, 0.1) is 24.0 Å². The largest absolute Gasteiger partial charge is 0.508 e. The van der Waals surface area contributed by atoms with E-state index in [1.54, 1.807) is 17.9 Å². The van der Waals surface area contributed by atoms with Gasteiger partial charge in [0.1, 0.15) is 47.3 Å². The highest BCUT2D eigenvalue weighted by Gasteiger charge is 2.50. The Labute approximate surface area is 313 Å². The molecular weight excluding hydrogens is 715 g/mol. The number of anilines is 1. The van der Waals surface area contributed by atoms with Crippen molar-refractivity contribution in [3.05, 3.63) is 47.7 Å². The number of amides is 1. The molecular formula is C40H38F3N7O5. The molecule has 6 atom stereocenters. The van der Waals surface area contributed by atoms with Crippen molar-refractivity contribution < 1.29 is 37.7 Å². The van der Waals surface area contributed by atoms with Crippen LogP contribution in [0.2, 0.25) is 0 Å². The lowest BCUT2D eigenvalue weighted by Gasteiger charge is -2.44. The number of hydrogen-bond donors (Lipinski definition) is 2. The second-order valence-corrected chi connectivity index (χ2v) is 15.7. The number of aliphatic hydroxyl groups is 1. The van der Waals surface area contributed by atoms with Crippen molar-refractivity contribution in [3.63, 3.8) is 0 Å². The lowest BCUT2D eigenvalue weighted by Crippen LogP contribution is -2.60. The molecule has 5 fully saturated rings. The quantitative estimate of drug-likeness (QED) is 0.239. The zero-order valence-electron chi connectivity index (χ0n) is 30.0. The zero-order chi connectivity index (χ0) is 37.9. The molecule has 3 unspecified atom stereocenters. The molecule has 2 N–H and O–H groups in total. The molecule has 3 aromatic carbocycles. The van der Waals surface area contributed by atoms with Crippen molar-refractivity contribution in [1.82, 2.24) is 29.5 Å². The number of phenolic OH excluding ortho intramolecular Hbond substituents is 1. The number of benzene rings is 3. The molecule has 284 valence electrons. The number of aliphatic hydroxyl groups excluding tert-OH is 1. The number of hydrogen-bond acceptors (Lipinski definition) is 10. The van der Waals surface area contributed by atoms with Crippen LogP contribution in [-0.4, -0.2) is 115 Å². The standard InChI is InChI=1S/C40H38F3N7O5/c1-3-25-28(42)8-5-20-11-24(51)12-26(31(20)25)32-34(43)36-33(27-18-47(2)46-35(27)32)37(45-39(44-36)54-19-40-9-4-10-49(40)15-21(41)14-40)48-16-22-6-7-23(17-48)50(22)38(53)29-13-30(52)55-29/h1,5,8,11-12,18,21-23,29-30,51-52H,4,6-7,9-10,13-17,19H2,2H3/t21-,22?,23?,29-,30?,40+/m1/s1. The number of phenols is 1. The fourth-order valence-corrected chi connectivity index (χ4v) is 9.99. The summed E-state index contributed by atoms with van der Waals surface area (Å²) in [7, 11) is 1.70. The molecule has 0 saturated carbocycles. The summed E-state index contributed by atoms with van der Waals surface area (Å²) in [6.45, 7) is 1.98. The van der Waals surface area contributed by atoms with Gasteiger partial charge in [-0.15, -0.1) is 6.42 Å². The molecule has 5 saturated heterocycles. The monoisotopic (exact) mass is 753 g/mol. The number of carbonyl (C=O) groups excluding carboxylic acids is 1. The number of aromatic nitrogens is 4. The Bertz CT molecular complexity index is 2470. The molecule has 5 aliphatic heterocycles. The van der Waals surface area contributed by atoms with Crippen molar-refractivity contribution in [3.8, 4) is 35.2 Å². The third-order valence-electron chi connectivity index (χ3n) is 12.4. The highest BCUT2D eigenvalue weighted by molar-refractivity contribution is 6.18. The normalized spacial score (nSPS) is 27.6. The summed E-state index contributed by atoms with van der Waals surface area (Å²) in [4.78, 5) is 29.2. The van der Waals surface area contributed by atoms with Crippen molar-refractivity contribution >= 4 is 44.3 Å². The topological polar surface area (TPSA) is 129 Å². The first-order valence-electron chi connectivity index (χ1n) is 18.7. The molecule has 0 aliphatic carbocycles. The van der Waals surface area contributed by atoms with Gasteiger partial charge >= 0.3 is 6.01 Å². The maximum Gasteiger partial charge on any atom is 0.319 e. The third kappa shape index (κ3) is 5.25. The Hall–Kier alpha value is -5.17. The number of terminal acetylenes is 1. The van der Waals surface area contributed by atoms with Gasteiger partial charge in [0.25, 0.3) is 5.91 Å². The summed E-state index contributed by atoms with van der Waals surface area (Å²) in [6.07, 6.45) is 8.68. The molecule has 55 heavy (non-hydrogen) atoms. The molecule has 15 heteroatoms. The fourth-order valence-electron chi connectivity index (χ4n) is 9.99. The number of piperazine rings is 1. The highest BCUT2D eigenvalue weighted by atomic mass is 19.1. The van der Waals surface area contributed by atoms with E-state index < -0.39 is 35.7 Å². The molecule has 10 rings (SSSR count). The Kier molecular flexibility index (Phi) is 7.75. The van der Waals surface area contributed by atoms with Gasteiger partial charge in [0.15, 0.2) is 12.1 Å². The first kappa shape index (κ1) is 34.3. The molecule has 5 aliphatic rings. The van der Waals surface area contributed by atoms with Crippen LogP contribution in [0.3, 0.4) is 0 Å². The molecule has 12 nitrogen and oxygen atoms in total. The van der Waals surface area contributed by atoms with Gasteiger partial charge in [-0.05, 0) is 61.4 Å². The van der Waals surface area contributed by atoms with Gasteiger partial charge in [0, 0.05) is 74.1 Å². The van der Waals surface area contributed by atoms with Crippen LogP contribution in [0.4, 0.5) is 19.0 Å². The summed E-state index contributed by atoms with van der Waals surface area (Å²) in [5.74, 6) is 1.01. The van der Waals surface area contributed by atoms with Crippen LogP contribution in [0.25, 0.3) is 43.7 Å². The number of halogens is 3. The van der Waals surface area contributed by atoms with Crippen LogP contribution in [0.1, 0.15) is 44.1 Å². The van der Waals surface area contributed by atoms with E-state index in [2.05, 4.69) is 15.9 Å². The molecule has 0 radical (unpaired) electrons. The van der Waals surface area contributed by atoms with Gasteiger partial charge in [-0.25, -0.2) is 13.2 Å². The minimum Gasteiger partial charge on any atom is -0.508 e. The second-order valence-electron chi connectivity index (χ2n) is 15.7. The zero-order valence-corrected chi connectivity index (χ0v) is 30.0. The predicted octanol–water partition coefficient (Wildman–Crippen LogP) is 4.54. The van der Waals surface area contributed by atoms with Crippen LogP contribution in [-0.2, 0) is 16.6 Å². The number of alkyl halides is 1. The van der Waals surface area contributed by atoms with Crippen molar-refractivity contribution in [1.29, 1.82) is 0 Å². The molecule has 5 aromatic rings. The van der Waals surface area contributed by atoms with Crippen LogP contribution < -0.4 is 9.64 Å². The van der Waals surface area contributed by atoms with E-state index in [0.29, 0.717) is 48.0 Å². The van der Waals surface area contributed by atoms with Crippen LogP contribution >= 0.6 is 0 Å². The van der Waals surface area contributed by atoms with Gasteiger partial charge in [0.2, 0.25) is 0 Å². The van der Waals surface area contributed by atoms with Crippen molar-refractivity contribution in [2.75, 3.05) is 37.7 Å². The van der Waals surface area contributed by atoms with Crippen LogP contribution in [0.15, 0.2) is 30.5 Å². The minimum atomic E-state index is -0.978. The first-order chi connectivity index (χ1) is 26.5. The first-order valence-corrected chi connectivity index (χ1v) is 18.7. The Morgan fingerprint density at radius 1 is 1.13 bits per heavy atom. The maximum atomic E-state index is 17.7. The number of aryl methyl sites for hydroxylation is 1. The van der Waals surface area contributed by atoms with Gasteiger partial charge < -0.3 is 29.5 Å². The molecule has 2 aromatic heterocycles. The third-order valence-corrected chi connectivity index (χ3v) is 12.4. The average molecular weight is 754 g/mol. The number of ether oxygens (including phenoxy) is 2. The van der Waals surface area contributed by atoms with E-state index in [1.807, 2.05) is 9.80 Å². The smallest absolute Gasteiger partial charge is 0.319 e. The summed E-state index contributed by atoms with van der Waals surface area (Å²) < 4.78 is 60.9. The predicted molar refractivity (Wildman–Crippen MR) is 196 cm³/mol. The Balaban J connectivity index is 1.16. The second kappa shape index (κ2) is 12.4. The number of aromatic hydroxyl groups is 1. The van der Waals surface area contributed by atoms with Gasteiger partial charge in [0.05, 0.1) is 16.5 Å². The van der Waals surface area contributed by atoms with Gasteiger partial charge in [-0.1, -0.05) is 12.0 Å². The maximum absolute atomic E-state index is 17.7. The van der Waals surface area contributed by atoms with Gasteiger partial charge in [-0.3, -0.25) is 14.4 Å². The SMILES string of the molecule is C#Cc1c(F)ccc2cc(O)cc(-c3c(F)c4nc(OC[C@@]56CCCN5C[C@H](F)C6)nc(N5CC6CCC(C5)N6C(=O)[C@H]5CC(O)O5)c4c4cn(C)nc34)c12. The Morgan fingerprint density at radius 2 is 1.91 bits per heavy atom. The van der Waals surface area contributed by atoms with E-state index in [9.17, 15) is 19.4 Å². The number of fused-ring (bicyclic) bond motifs is 7.